The summed E-state index contributed by atoms with van der Waals surface area (Å²) in [4.78, 5) is 11.9. The molecule has 3 aliphatic rings. The van der Waals surface area contributed by atoms with Crippen molar-refractivity contribution in [1.82, 2.24) is 5.32 Å². The Bertz CT molecular complexity index is 323. The number of nitrogens with two attached hydrogens (primary N) is 1. The summed E-state index contributed by atoms with van der Waals surface area (Å²) in [6.45, 7) is 0.471. The lowest BCUT2D eigenvalue weighted by Crippen LogP contribution is -2.58. The standard InChI is InChI=1S/C14H24N2O.ClH/c15-7-5-13(17)16-14-6-1-2-11(9-14)10-3-4-12(14)8-10;/h10-12H,1-9,15H2,(H,16,17);1H. The third-order valence-corrected chi connectivity index (χ3v) is 5.51. The maximum Gasteiger partial charge on any atom is 0.221 e. The average Bonchev–Trinajstić information content (AvgIpc) is 2.75. The van der Waals surface area contributed by atoms with Crippen molar-refractivity contribution in [2.24, 2.45) is 23.5 Å². The molecule has 0 aromatic rings. The minimum absolute atomic E-state index is 0. The zero-order valence-electron chi connectivity index (χ0n) is 11.0. The maximum atomic E-state index is 11.9. The third kappa shape index (κ3) is 2.27. The Hall–Kier alpha value is -0.280. The number of carbonyl (C=O) groups excluding carboxylic acids is 1. The number of carbonyl (C=O) groups is 1. The maximum absolute atomic E-state index is 11.9. The summed E-state index contributed by atoms with van der Waals surface area (Å²) in [5.74, 6) is 2.80. The number of rotatable bonds is 3. The highest BCUT2D eigenvalue weighted by Gasteiger charge is 2.52. The molecular weight excluding hydrogens is 248 g/mol. The minimum atomic E-state index is 0. The highest BCUT2D eigenvalue weighted by molar-refractivity contribution is 5.85. The molecule has 4 unspecified atom stereocenters. The van der Waals surface area contributed by atoms with Gasteiger partial charge in [0, 0.05) is 18.5 Å². The van der Waals surface area contributed by atoms with Crippen LogP contribution in [0.4, 0.5) is 0 Å². The summed E-state index contributed by atoms with van der Waals surface area (Å²) in [5.41, 5.74) is 5.63. The first-order chi connectivity index (χ1) is 8.23. The van der Waals surface area contributed by atoms with Crippen molar-refractivity contribution in [2.45, 2.75) is 56.9 Å². The first kappa shape index (κ1) is 14.1. The molecule has 0 radical (unpaired) electrons. The van der Waals surface area contributed by atoms with Gasteiger partial charge in [0.2, 0.25) is 5.91 Å². The molecule has 4 bridgehead atoms. The molecule has 1 amide bonds. The normalized spacial score (nSPS) is 41.1. The monoisotopic (exact) mass is 272 g/mol. The summed E-state index contributed by atoms with van der Waals surface area (Å²) in [7, 11) is 0. The van der Waals surface area contributed by atoms with E-state index in [-0.39, 0.29) is 23.9 Å². The topological polar surface area (TPSA) is 55.1 Å². The molecule has 3 nitrogen and oxygen atoms in total. The predicted molar refractivity (Wildman–Crippen MR) is 74.6 cm³/mol. The first-order valence-electron chi connectivity index (χ1n) is 7.24. The largest absolute Gasteiger partial charge is 0.350 e. The van der Waals surface area contributed by atoms with E-state index in [2.05, 4.69) is 5.32 Å². The lowest BCUT2D eigenvalue weighted by Gasteiger charge is -2.50. The lowest BCUT2D eigenvalue weighted by molar-refractivity contribution is -0.125. The molecule has 0 aliphatic heterocycles. The second-order valence-corrected chi connectivity index (χ2v) is 6.37. The number of nitrogens with one attached hydrogen (secondary N) is 1. The molecule has 4 heteroatoms. The van der Waals surface area contributed by atoms with Crippen LogP contribution in [0.3, 0.4) is 0 Å². The first-order valence-corrected chi connectivity index (χ1v) is 7.24. The van der Waals surface area contributed by atoms with Gasteiger partial charge in [-0.3, -0.25) is 4.79 Å². The van der Waals surface area contributed by atoms with Gasteiger partial charge in [-0.25, -0.2) is 0 Å². The molecule has 0 spiro atoms. The van der Waals surface area contributed by atoms with E-state index in [1.807, 2.05) is 0 Å². The van der Waals surface area contributed by atoms with Gasteiger partial charge in [0.15, 0.2) is 0 Å². The van der Waals surface area contributed by atoms with Gasteiger partial charge in [-0.05, 0) is 49.9 Å². The zero-order chi connectivity index (χ0) is 11.9. The molecule has 4 atom stereocenters. The van der Waals surface area contributed by atoms with Gasteiger partial charge in [0.25, 0.3) is 0 Å². The highest BCUT2D eigenvalue weighted by atomic mass is 35.5. The molecule has 0 aromatic carbocycles. The molecule has 3 fully saturated rings. The van der Waals surface area contributed by atoms with Crippen molar-refractivity contribution in [1.29, 1.82) is 0 Å². The van der Waals surface area contributed by atoms with Crippen molar-refractivity contribution >= 4 is 18.3 Å². The molecule has 0 aromatic heterocycles. The van der Waals surface area contributed by atoms with E-state index < -0.39 is 0 Å². The van der Waals surface area contributed by atoms with Crippen LogP contribution in [-0.2, 0) is 4.79 Å². The number of hydrogen-bond donors (Lipinski definition) is 2. The molecule has 104 valence electrons. The summed E-state index contributed by atoms with van der Waals surface area (Å²) in [6.07, 6.45) is 9.76. The Morgan fingerprint density at radius 2 is 2.11 bits per heavy atom. The molecule has 0 heterocycles. The van der Waals surface area contributed by atoms with Crippen LogP contribution >= 0.6 is 12.4 Å². The van der Waals surface area contributed by atoms with Crippen LogP contribution in [0.1, 0.15) is 51.4 Å². The van der Waals surface area contributed by atoms with Crippen LogP contribution in [0.5, 0.6) is 0 Å². The lowest BCUT2D eigenvalue weighted by atomic mass is 9.61. The highest BCUT2D eigenvalue weighted by Crippen LogP contribution is 2.56. The fourth-order valence-corrected chi connectivity index (χ4v) is 4.76. The van der Waals surface area contributed by atoms with Gasteiger partial charge >= 0.3 is 0 Å². The Morgan fingerprint density at radius 3 is 2.89 bits per heavy atom. The quantitative estimate of drug-likeness (QED) is 0.828. The molecule has 3 aliphatic carbocycles. The van der Waals surface area contributed by atoms with E-state index >= 15 is 0 Å². The van der Waals surface area contributed by atoms with E-state index in [1.165, 1.54) is 44.9 Å². The fraction of sp³-hybridized carbons (Fsp3) is 0.929. The van der Waals surface area contributed by atoms with Crippen LogP contribution in [0.15, 0.2) is 0 Å². The van der Waals surface area contributed by atoms with Crippen LogP contribution in [0.2, 0.25) is 0 Å². The van der Waals surface area contributed by atoms with Crippen LogP contribution < -0.4 is 11.1 Å². The van der Waals surface area contributed by atoms with E-state index in [0.29, 0.717) is 13.0 Å². The number of amides is 1. The van der Waals surface area contributed by atoms with Crippen LogP contribution in [0.25, 0.3) is 0 Å². The fourth-order valence-electron chi connectivity index (χ4n) is 4.76. The number of hydrogen-bond acceptors (Lipinski definition) is 2. The van der Waals surface area contributed by atoms with E-state index in [9.17, 15) is 4.79 Å². The summed E-state index contributed by atoms with van der Waals surface area (Å²) < 4.78 is 0. The van der Waals surface area contributed by atoms with Crippen molar-refractivity contribution in [3.63, 3.8) is 0 Å². The Morgan fingerprint density at radius 1 is 1.28 bits per heavy atom. The molecule has 18 heavy (non-hydrogen) atoms. The van der Waals surface area contributed by atoms with Gasteiger partial charge in [-0.15, -0.1) is 12.4 Å². The molecule has 0 saturated heterocycles. The Labute approximate surface area is 116 Å². The van der Waals surface area contributed by atoms with Crippen LogP contribution in [-0.4, -0.2) is 18.0 Å². The van der Waals surface area contributed by atoms with E-state index in [0.717, 1.165) is 17.8 Å². The predicted octanol–water partition coefficient (Wildman–Crippen LogP) is 2.23. The van der Waals surface area contributed by atoms with E-state index in [4.69, 9.17) is 5.73 Å². The van der Waals surface area contributed by atoms with Gasteiger partial charge < -0.3 is 11.1 Å². The zero-order valence-corrected chi connectivity index (χ0v) is 11.8. The second-order valence-electron chi connectivity index (χ2n) is 6.37. The van der Waals surface area contributed by atoms with Gasteiger partial charge in [0.05, 0.1) is 0 Å². The third-order valence-electron chi connectivity index (χ3n) is 5.51. The molecule has 3 N–H and O–H groups in total. The smallest absolute Gasteiger partial charge is 0.221 e. The molecular formula is C14H25ClN2O. The minimum Gasteiger partial charge on any atom is -0.350 e. The SMILES string of the molecule is Cl.NCCC(=O)NC12CCCC(C1)C1CCC2C1. The van der Waals surface area contributed by atoms with Gasteiger partial charge in [-0.1, -0.05) is 12.8 Å². The van der Waals surface area contributed by atoms with Crippen molar-refractivity contribution in [3.05, 3.63) is 0 Å². The number of fused-ring (bicyclic) bond motifs is 6. The summed E-state index contributed by atoms with van der Waals surface area (Å²) in [6, 6.07) is 0. The van der Waals surface area contributed by atoms with Gasteiger partial charge in [-0.2, -0.15) is 0 Å². The van der Waals surface area contributed by atoms with Crippen LogP contribution in [0, 0.1) is 17.8 Å². The van der Waals surface area contributed by atoms with Crippen molar-refractivity contribution in [2.75, 3.05) is 6.54 Å². The second kappa shape index (κ2) is 5.38. The molecule has 3 rings (SSSR count). The summed E-state index contributed by atoms with van der Waals surface area (Å²) >= 11 is 0. The Balaban J connectivity index is 0.00000120. The number of halogens is 1. The Kier molecular flexibility index (Phi) is 4.22. The summed E-state index contributed by atoms with van der Waals surface area (Å²) in [5, 5.41) is 3.37. The van der Waals surface area contributed by atoms with E-state index in [1.54, 1.807) is 0 Å². The van der Waals surface area contributed by atoms with Crippen molar-refractivity contribution in [3.8, 4) is 0 Å². The van der Waals surface area contributed by atoms with Crippen molar-refractivity contribution < 1.29 is 4.79 Å². The van der Waals surface area contributed by atoms with Gasteiger partial charge in [0.1, 0.15) is 0 Å². The average molecular weight is 273 g/mol. The molecule has 3 saturated carbocycles.